The fourth-order valence-electron chi connectivity index (χ4n) is 1.23. The van der Waals surface area contributed by atoms with Gasteiger partial charge in [0.1, 0.15) is 0 Å². The first-order valence-corrected chi connectivity index (χ1v) is 5.47. The first kappa shape index (κ1) is 13.0. The average Bonchev–Trinajstić information content (AvgIpc) is 2.38. The van der Waals surface area contributed by atoms with Crippen LogP contribution >= 0.6 is 0 Å². The highest BCUT2D eigenvalue weighted by atomic mass is 16.3. The number of nitriles is 1. The number of rotatable bonds is 3. The van der Waals surface area contributed by atoms with Crippen LogP contribution in [-0.4, -0.2) is 11.2 Å². The Bertz CT molecular complexity index is 470. The highest BCUT2D eigenvalue weighted by Gasteiger charge is 2.07. The van der Waals surface area contributed by atoms with Gasteiger partial charge in [-0.3, -0.25) is 0 Å². The summed E-state index contributed by atoms with van der Waals surface area (Å²) >= 11 is 0. The van der Waals surface area contributed by atoms with Crippen LogP contribution in [0.4, 0.5) is 0 Å². The molecule has 1 N–H and O–H groups in total. The molecular weight excluding hydrogens is 210 g/mol. The second kappa shape index (κ2) is 6.53. The van der Waals surface area contributed by atoms with Crippen molar-refractivity contribution in [3.8, 4) is 17.9 Å². The molecule has 0 bridgehead atoms. The lowest BCUT2D eigenvalue weighted by Crippen LogP contribution is -2.14. The molecule has 1 aromatic rings. The maximum atomic E-state index is 9.66. The molecule has 2 atom stereocenters. The van der Waals surface area contributed by atoms with Crippen LogP contribution in [0.1, 0.15) is 24.5 Å². The van der Waals surface area contributed by atoms with Crippen LogP contribution in [0.15, 0.2) is 36.9 Å². The van der Waals surface area contributed by atoms with Crippen molar-refractivity contribution in [2.45, 2.75) is 19.4 Å². The molecule has 2 nitrogen and oxygen atoms in total. The molecule has 0 heterocycles. The van der Waals surface area contributed by atoms with Gasteiger partial charge in [0.05, 0.1) is 17.7 Å². The van der Waals surface area contributed by atoms with Gasteiger partial charge < -0.3 is 5.11 Å². The van der Waals surface area contributed by atoms with Gasteiger partial charge in [-0.2, -0.15) is 5.26 Å². The molecule has 1 aromatic carbocycles. The predicted octanol–water partition coefficient (Wildman–Crippen LogP) is 2.48. The second-order valence-electron chi connectivity index (χ2n) is 3.86. The minimum absolute atomic E-state index is 0.0465. The molecule has 0 aliphatic carbocycles. The third kappa shape index (κ3) is 4.15. The number of benzene rings is 1. The van der Waals surface area contributed by atoms with Crippen LogP contribution in [0.5, 0.6) is 0 Å². The van der Waals surface area contributed by atoms with Crippen molar-refractivity contribution in [3.63, 3.8) is 0 Å². The Kier molecular flexibility index (Phi) is 5.01. The summed E-state index contributed by atoms with van der Waals surface area (Å²) in [6, 6.07) is 9.11. The lowest BCUT2D eigenvalue weighted by atomic mass is 10.0. The van der Waals surface area contributed by atoms with E-state index in [2.05, 4.69) is 24.5 Å². The fraction of sp³-hybridized carbons (Fsp3) is 0.267. The molecule has 0 unspecified atom stereocenters. The van der Waals surface area contributed by atoms with Gasteiger partial charge in [-0.15, -0.1) is 6.58 Å². The summed E-state index contributed by atoms with van der Waals surface area (Å²) in [7, 11) is 0. The maximum Gasteiger partial charge on any atom is 0.0991 e. The van der Waals surface area contributed by atoms with Crippen LogP contribution in [0.3, 0.4) is 0 Å². The highest BCUT2D eigenvalue weighted by Crippen LogP contribution is 2.07. The standard InChI is InChI=1S/C15H15NO/c1-3-12(2)15(17)6-4-5-13-7-9-14(11-16)10-8-13/h3,7-10,12,15,17H,1,6H2,2H3/t12-,15-/m0/s1. The predicted molar refractivity (Wildman–Crippen MR) is 68.0 cm³/mol. The van der Waals surface area contributed by atoms with Gasteiger partial charge in [-0.1, -0.05) is 24.8 Å². The topological polar surface area (TPSA) is 44.0 Å². The molecule has 0 spiro atoms. The van der Waals surface area contributed by atoms with E-state index in [1.54, 1.807) is 30.3 Å². The number of aliphatic hydroxyl groups excluding tert-OH is 1. The van der Waals surface area contributed by atoms with E-state index in [0.717, 1.165) is 5.56 Å². The Morgan fingerprint density at radius 2 is 1.94 bits per heavy atom. The molecule has 0 aromatic heterocycles. The van der Waals surface area contributed by atoms with Crippen LogP contribution in [0.25, 0.3) is 0 Å². The molecular formula is C15H15NO. The molecule has 0 saturated heterocycles. The van der Waals surface area contributed by atoms with Gasteiger partial charge in [-0.25, -0.2) is 0 Å². The first-order chi connectivity index (χ1) is 8.17. The molecule has 0 radical (unpaired) electrons. The van der Waals surface area contributed by atoms with E-state index in [-0.39, 0.29) is 5.92 Å². The summed E-state index contributed by atoms with van der Waals surface area (Å²) in [5, 5.41) is 18.3. The monoisotopic (exact) mass is 225 g/mol. The second-order valence-corrected chi connectivity index (χ2v) is 3.86. The average molecular weight is 225 g/mol. The maximum absolute atomic E-state index is 9.66. The molecule has 0 aliphatic heterocycles. The van der Waals surface area contributed by atoms with Crippen LogP contribution < -0.4 is 0 Å². The lowest BCUT2D eigenvalue weighted by Gasteiger charge is -2.10. The van der Waals surface area contributed by atoms with E-state index in [0.29, 0.717) is 12.0 Å². The van der Waals surface area contributed by atoms with Gasteiger partial charge in [0.15, 0.2) is 0 Å². The van der Waals surface area contributed by atoms with Gasteiger partial charge >= 0.3 is 0 Å². The Labute approximate surface area is 102 Å². The van der Waals surface area contributed by atoms with Gasteiger partial charge in [-0.05, 0) is 24.3 Å². The van der Waals surface area contributed by atoms with Crippen LogP contribution in [-0.2, 0) is 0 Å². The first-order valence-electron chi connectivity index (χ1n) is 5.47. The molecule has 86 valence electrons. The van der Waals surface area contributed by atoms with Crippen molar-refractivity contribution >= 4 is 0 Å². The van der Waals surface area contributed by atoms with E-state index < -0.39 is 6.10 Å². The summed E-state index contributed by atoms with van der Waals surface area (Å²) < 4.78 is 0. The third-order valence-electron chi connectivity index (χ3n) is 2.54. The number of nitrogens with zero attached hydrogens (tertiary/aromatic N) is 1. The number of hydrogen-bond acceptors (Lipinski definition) is 2. The number of hydrogen-bond donors (Lipinski definition) is 1. The summed E-state index contributed by atoms with van der Waals surface area (Å²) in [5.41, 5.74) is 1.47. The summed E-state index contributed by atoms with van der Waals surface area (Å²) in [4.78, 5) is 0. The molecule has 0 fully saturated rings. The van der Waals surface area contributed by atoms with Crippen molar-refractivity contribution < 1.29 is 5.11 Å². The molecule has 1 rings (SSSR count). The minimum Gasteiger partial charge on any atom is -0.392 e. The van der Waals surface area contributed by atoms with Crippen molar-refractivity contribution in [2.24, 2.45) is 5.92 Å². The molecule has 0 amide bonds. The molecule has 17 heavy (non-hydrogen) atoms. The Morgan fingerprint density at radius 1 is 1.35 bits per heavy atom. The van der Waals surface area contributed by atoms with E-state index in [1.807, 2.05) is 6.92 Å². The fourth-order valence-corrected chi connectivity index (χ4v) is 1.23. The van der Waals surface area contributed by atoms with E-state index in [1.165, 1.54) is 0 Å². The van der Waals surface area contributed by atoms with Crippen molar-refractivity contribution in [3.05, 3.63) is 48.0 Å². The van der Waals surface area contributed by atoms with E-state index in [9.17, 15) is 5.11 Å². The Hall–Kier alpha value is -2.03. The quantitative estimate of drug-likeness (QED) is 0.634. The molecule has 0 aliphatic rings. The zero-order valence-corrected chi connectivity index (χ0v) is 9.85. The van der Waals surface area contributed by atoms with Crippen LogP contribution in [0.2, 0.25) is 0 Å². The minimum atomic E-state index is -0.474. The van der Waals surface area contributed by atoms with Crippen molar-refractivity contribution in [2.75, 3.05) is 0 Å². The van der Waals surface area contributed by atoms with E-state index >= 15 is 0 Å². The Morgan fingerprint density at radius 3 is 2.47 bits per heavy atom. The summed E-state index contributed by atoms with van der Waals surface area (Å²) in [5.74, 6) is 5.92. The van der Waals surface area contributed by atoms with Gasteiger partial charge in [0, 0.05) is 17.9 Å². The normalized spacial score (nSPS) is 12.8. The summed E-state index contributed by atoms with van der Waals surface area (Å²) in [6.07, 6.45) is 1.67. The third-order valence-corrected chi connectivity index (χ3v) is 2.54. The van der Waals surface area contributed by atoms with Crippen molar-refractivity contribution in [1.82, 2.24) is 0 Å². The molecule has 0 saturated carbocycles. The largest absolute Gasteiger partial charge is 0.392 e. The smallest absolute Gasteiger partial charge is 0.0991 e. The SMILES string of the molecule is C=C[C@H](C)[C@@H](O)CC#Cc1ccc(C#N)cc1. The van der Waals surface area contributed by atoms with Gasteiger partial charge in [0.25, 0.3) is 0 Å². The van der Waals surface area contributed by atoms with E-state index in [4.69, 9.17) is 5.26 Å². The zero-order chi connectivity index (χ0) is 12.7. The summed E-state index contributed by atoms with van der Waals surface area (Å²) in [6.45, 7) is 5.53. The lowest BCUT2D eigenvalue weighted by molar-refractivity contribution is 0.143. The van der Waals surface area contributed by atoms with Gasteiger partial charge in [0.2, 0.25) is 0 Å². The highest BCUT2D eigenvalue weighted by molar-refractivity contribution is 5.39. The van der Waals surface area contributed by atoms with Crippen LogP contribution in [0, 0.1) is 29.1 Å². The zero-order valence-electron chi connectivity index (χ0n) is 9.85. The van der Waals surface area contributed by atoms with Crippen molar-refractivity contribution in [1.29, 1.82) is 5.26 Å². The Balaban J connectivity index is 2.60. The number of aliphatic hydroxyl groups is 1. The molecule has 2 heteroatoms.